The maximum atomic E-state index is 3.78. The van der Waals surface area contributed by atoms with Crippen LogP contribution in [-0.4, -0.2) is 37.6 Å². The zero-order valence-corrected chi connectivity index (χ0v) is 12.2. The minimum absolute atomic E-state index is 0.735. The third-order valence-electron chi connectivity index (χ3n) is 4.03. The minimum atomic E-state index is 0.735. The number of hydrogen-bond donors (Lipinski definition) is 1. The van der Waals surface area contributed by atoms with Gasteiger partial charge in [-0.1, -0.05) is 33.1 Å². The molecular weight excluding hydrogens is 208 g/mol. The Morgan fingerprint density at radius 3 is 2.47 bits per heavy atom. The zero-order valence-electron chi connectivity index (χ0n) is 12.2. The van der Waals surface area contributed by atoms with Crippen molar-refractivity contribution in [1.82, 2.24) is 10.2 Å². The normalized spacial score (nSPS) is 19.1. The van der Waals surface area contributed by atoms with Crippen LogP contribution in [0.25, 0.3) is 0 Å². The molecule has 0 aromatic carbocycles. The van der Waals surface area contributed by atoms with E-state index in [0.29, 0.717) is 0 Å². The van der Waals surface area contributed by atoms with E-state index in [-0.39, 0.29) is 0 Å². The van der Waals surface area contributed by atoms with Gasteiger partial charge in [-0.25, -0.2) is 0 Å². The molecule has 1 aliphatic rings. The Morgan fingerprint density at radius 2 is 1.88 bits per heavy atom. The Balaban J connectivity index is 2.33. The Bertz CT molecular complexity index is 176. The van der Waals surface area contributed by atoms with Crippen LogP contribution in [0.4, 0.5) is 0 Å². The van der Waals surface area contributed by atoms with Gasteiger partial charge in [-0.3, -0.25) is 0 Å². The lowest BCUT2D eigenvalue weighted by molar-refractivity contribution is 0.238. The first-order valence-electron chi connectivity index (χ1n) is 7.69. The maximum Gasteiger partial charge on any atom is 0.0223 e. The second-order valence-corrected chi connectivity index (χ2v) is 5.72. The lowest BCUT2D eigenvalue weighted by Crippen LogP contribution is -2.44. The van der Waals surface area contributed by atoms with Gasteiger partial charge in [0.15, 0.2) is 0 Å². The van der Waals surface area contributed by atoms with Gasteiger partial charge in [0.2, 0.25) is 0 Å². The number of unbranched alkanes of at least 4 members (excludes halogenated alkanes) is 1. The molecule has 2 heteroatoms. The fourth-order valence-electron chi connectivity index (χ4n) is 2.92. The quantitative estimate of drug-likeness (QED) is 0.665. The lowest BCUT2D eigenvalue weighted by atomic mass is 9.97. The Morgan fingerprint density at radius 1 is 1.18 bits per heavy atom. The monoisotopic (exact) mass is 240 g/mol. The summed E-state index contributed by atoms with van der Waals surface area (Å²) in [7, 11) is 2.28. The van der Waals surface area contributed by atoms with Gasteiger partial charge in [0.25, 0.3) is 0 Å². The van der Waals surface area contributed by atoms with E-state index in [1.807, 2.05) is 0 Å². The van der Waals surface area contributed by atoms with Crippen LogP contribution in [0, 0.1) is 5.92 Å². The SMILES string of the molecule is CCCCN(C)CC(NCCC)C1CCCC1. The molecule has 0 amide bonds. The molecule has 1 aliphatic carbocycles. The summed E-state index contributed by atoms with van der Waals surface area (Å²) >= 11 is 0. The molecule has 17 heavy (non-hydrogen) atoms. The number of nitrogens with zero attached hydrogens (tertiary/aromatic N) is 1. The molecule has 0 spiro atoms. The Kier molecular flexibility index (Phi) is 7.87. The molecule has 0 saturated heterocycles. The molecule has 102 valence electrons. The van der Waals surface area contributed by atoms with E-state index >= 15 is 0 Å². The van der Waals surface area contributed by atoms with Gasteiger partial charge in [0.1, 0.15) is 0 Å². The third-order valence-corrected chi connectivity index (χ3v) is 4.03. The molecule has 0 radical (unpaired) electrons. The van der Waals surface area contributed by atoms with Crippen LogP contribution >= 0.6 is 0 Å². The van der Waals surface area contributed by atoms with E-state index in [1.165, 1.54) is 64.6 Å². The number of likely N-dealkylation sites (N-methyl/N-ethyl adjacent to an activating group) is 1. The molecule has 1 unspecified atom stereocenters. The van der Waals surface area contributed by atoms with Crippen LogP contribution in [0.3, 0.4) is 0 Å². The summed E-state index contributed by atoms with van der Waals surface area (Å²) in [6, 6.07) is 0.735. The third kappa shape index (κ3) is 5.87. The molecule has 1 N–H and O–H groups in total. The second kappa shape index (κ2) is 8.93. The lowest BCUT2D eigenvalue weighted by Gasteiger charge is -2.29. The topological polar surface area (TPSA) is 15.3 Å². The number of hydrogen-bond acceptors (Lipinski definition) is 2. The highest BCUT2D eigenvalue weighted by Crippen LogP contribution is 2.28. The summed E-state index contributed by atoms with van der Waals surface area (Å²) in [6.45, 7) is 8.22. The molecule has 0 aliphatic heterocycles. The fraction of sp³-hybridized carbons (Fsp3) is 1.00. The first-order chi connectivity index (χ1) is 8.27. The van der Waals surface area contributed by atoms with Crippen molar-refractivity contribution in [1.29, 1.82) is 0 Å². The van der Waals surface area contributed by atoms with Crippen LogP contribution in [-0.2, 0) is 0 Å². The molecular formula is C15H32N2. The molecule has 0 bridgehead atoms. The van der Waals surface area contributed by atoms with Crippen molar-refractivity contribution in [3.05, 3.63) is 0 Å². The second-order valence-electron chi connectivity index (χ2n) is 5.72. The van der Waals surface area contributed by atoms with E-state index in [9.17, 15) is 0 Å². The number of rotatable bonds is 9. The summed E-state index contributed by atoms with van der Waals surface area (Å²) in [5.74, 6) is 0.936. The highest BCUT2D eigenvalue weighted by Gasteiger charge is 2.25. The molecule has 1 fully saturated rings. The van der Waals surface area contributed by atoms with Crippen molar-refractivity contribution in [3.8, 4) is 0 Å². The van der Waals surface area contributed by atoms with Crippen LogP contribution in [0.1, 0.15) is 58.8 Å². The molecule has 2 nitrogen and oxygen atoms in total. The number of nitrogens with one attached hydrogen (secondary N) is 1. The summed E-state index contributed by atoms with van der Waals surface area (Å²) < 4.78 is 0. The van der Waals surface area contributed by atoms with Crippen molar-refractivity contribution in [2.45, 2.75) is 64.8 Å². The van der Waals surface area contributed by atoms with E-state index in [0.717, 1.165) is 12.0 Å². The maximum absolute atomic E-state index is 3.78. The Labute approximate surface area is 108 Å². The average Bonchev–Trinajstić information content (AvgIpc) is 2.85. The van der Waals surface area contributed by atoms with Crippen LogP contribution in [0.2, 0.25) is 0 Å². The van der Waals surface area contributed by atoms with Crippen molar-refractivity contribution < 1.29 is 0 Å². The van der Waals surface area contributed by atoms with E-state index in [1.54, 1.807) is 0 Å². The molecule has 1 rings (SSSR count). The Hall–Kier alpha value is -0.0800. The first kappa shape index (κ1) is 15.0. The highest BCUT2D eigenvalue weighted by molar-refractivity contribution is 4.82. The van der Waals surface area contributed by atoms with Crippen LogP contribution in [0.15, 0.2) is 0 Å². The summed E-state index contributed by atoms with van der Waals surface area (Å²) in [4.78, 5) is 2.52. The largest absolute Gasteiger partial charge is 0.312 e. The van der Waals surface area contributed by atoms with Crippen LogP contribution < -0.4 is 5.32 Å². The minimum Gasteiger partial charge on any atom is -0.312 e. The van der Waals surface area contributed by atoms with Crippen molar-refractivity contribution >= 4 is 0 Å². The van der Waals surface area contributed by atoms with E-state index in [4.69, 9.17) is 0 Å². The van der Waals surface area contributed by atoms with Crippen molar-refractivity contribution in [2.24, 2.45) is 5.92 Å². The van der Waals surface area contributed by atoms with Crippen molar-refractivity contribution in [3.63, 3.8) is 0 Å². The summed E-state index contributed by atoms with van der Waals surface area (Å²) in [5, 5.41) is 3.78. The summed E-state index contributed by atoms with van der Waals surface area (Å²) in [6.07, 6.45) is 9.69. The van der Waals surface area contributed by atoms with Gasteiger partial charge in [-0.2, -0.15) is 0 Å². The zero-order chi connectivity index (χ0) is 12.5. The fourth-order valence-corrected chi connectivity index (χ4v) is 2.92. The van der Waals surface area contributed by atoms with Crippen LogP contribution in [0.5, 0.6) is 0 Å². The standard InChI is InChI=1S/C15H32N2/c1-4-6-12-17(3)13-15(16-11-5-2)14-9-7-8-10-14/h14-16H,4-13H2,1-3H3. The first-order valence-corrected chi connectivity index (χ1v) is 7.69. The molecule has 0 heterocycles. The predicted molar refractivity (Wildman–Crippen MR) is 76.4 cm³/mol. The van der Waals surface area contributed by atoms with Gasteiger partial charge < -0.3 is 10.2 Å². The van der Waals surface area contributed by atoms with Gasteiger partial charge in [-0.15, -0.1) is 0 Å². The molecule has 1 atom stereocenters. The van der Waals surface area contributed by atoms with Gasteiger partial charge in [0.05, 0.1) is 0 Å². The molecule has 1 saturated carbocycles. The average molecular weight is 240 g/mol. The smallest absolute Gasteiger partial charge is 0.0223 e. The van der Waals surface area contributed by atoms with Gasteiger partial charge >= 0.3 is 0 Å². The predicted octanol–water partition coefficient (Wildman–Crippen LogP) is 3.28. The van der Waals surface area contributed by atoms with Gasteiger partial charge in [-0.05, 0) is 51.7 Å². The van der Waals surface area contributed by atoms with E-state index < -0.39 is 0 Å². The highest BCUT2D eigenvalue weighted by atomic mass is 15.1. The molecule has 0 aromatic heterocycles. The van der Waals surface area contributed by atoms with Gasteiger partial charge in [0, 0.05) is 12.6 Å². The summed E-state index contributed by atoms with van der Waals surface area (Å²) in [5.41, 5.74) is 0. The van der Waals surface area contributed by atoms with Crippen molar-refractivity contribution in [2.75, 3.05) is 26.7 Å². The van der Waals surface area contributed by atoms with E-state index in [2.05, 4.69) is 31.1 Å². The molecule has 0 aromatic rings.